The molecule has 0 aliphatic carbocycles. The third-order valence-corrected chi connectivity index (χ3v) is 4.85. The molecule has 1 amide bonds. The molecular formula is C13H14FN3O3S2. The van der Waals surface area contributed by atoms with Gasteiger partial charge in [-0.25, -0.2) is 17.8 Å². The number of carbonyl (C=O) groups is 1. The maximum atomic E-state index is 13.0. The van der Waals surface area contributed by atoms with Gasteiger partial charge in [0, 0.05) is 11.6 Å². The van der Waals surface area contributed by atoms with E-state index in [4.69, 9.17) is 0 Å². The van der Waals surface area contributed by atoms with Crippen LogP contribution in [0.1, 0.15) is 6.92 Å². The van der Waals surface area contributed by atoms with E-state index in [1.807, 2.05) is 0 Å². The molecule has 0 saturated carbocycles. The molecule has 1 unspecified atom stereocenters. The number of nitrogens with zero attached hydrogens (tertiary/aromatic N) is 1. The Kier molecular flexibility index (Phi) is 5.09. The summed E-state index contributed by atoms with van der Waals surface area (Å²) in [4.78, 5) is 15.8. The van der Waals surface area contributed by atoms with Gasteiger partial charge in [0.05, 0.1) is 17.4 Å². The number of nitrogens with one attached hydrogen (secondary N) is 2. The highest BCUT2D eigenvalue weighted by molar-refractivity contribution is 7.92. The molecule has 22 heavy (non-hydrogen) atoms. The van der Waals surface area contributed by atoms with Crippen molar-refractivity contribution in [2.24, 2.45) is 5.92 Å². The molecule has 1 atom stereocenters. The highest BCUT2D eigenvalue weighted by atomic mass is 32.2. The number of hydrogen-bond donors (Lipinski definition) is 2. The van der Waals surface area contributed by atoms with Crippen molar-refractivity contribution in [2.45, 2.75) is 6.92 Å². The van der Waals surface area contributed by atoms with Crippen LogP contribution in [0.5, 0.6) is 0 Å². The van der Waals surface area contributed by atoms with Crippen LogP contribution in [0.2, 0.25) is 0 Å². The number of amides is 1. The summed E-state index contributed by atoms with van der Waals surface area (Å²) in [7, 11) is -3.77. The van der Waals surface area contributed by atoms with Crippen LogP contribution in [0.25, 0.3) is 0 Å². The fourth-order valence-electron chi connectivity index (χ4n) is 1.69. The summed E-state index contributed by atoms with van der Waals surface area (Å²) in [5.74, 6) is -2.19. The maximum absolute atomic E-state index is 13.0. The fourth-order valence-corrected chi connectivity index (χ4v) is 3.60. The summed E-state index contributed by atoms with van der Waals surface area (Å²) < 4.78 is 39.3. The highest BCUT2D eigenvalue weighted by Gasteiger charge is 2.22. The second-order valence-electron chi connectivity index (χ2n) is 4.62. The first-order chi connectivity index (χ1) is 10.4. The SMILES string of the molecule is CC(CS(=O)(=O)Nc1cccc(F)c1)C(=O)Nc1nccs1. The van der Waals surface area contributed by atoms with Crippen molar-refractivity contribution in [1.29, 1.82) is 0 Å². The number of sulfonamides is 1. The largest absolute Gasteiger partial charge is 0.302 e. The minimum absolute atomic E-state index is 0.118. The van der Waals surface area contributed by atoms with Gasteiger partial charge in [0.1, 0.15) is 5.82 Å². The van der Waals surface area contributed by atoms with E-state index >= 15 is 0 Å². The molecule has 9 heteroatoms. The van der Waals surface area contributed by atoms with Crippen molar-refractivity contribution in [2.75, 3.05) is 15.8 Å². The third-order valence-electron chi connectivity index (χ3n) is 2.68. The Hall–Kier alpha value is -2.00. The number of carbonyl (C=O) groups excluding carboxylic acids is 1. The molecule has 0 aliphatic rings. The quantitative estimate of drug-likeness (QED) is 0.842. The van der Waals surface area contributed by atoms with E-state index in [-0.39, 0.29) is 5.69 Å². The Labute approximate surface area is 131 Å². The third kappa shape index (κ3) is 4.78. The predicted octanol–water partition coefficient (Wildman–Crippen LogP) is 2.30. The standard InChI is InChI=1S/C13H14FN3O3S2/c1-9(12(18)16-13-15-5-6-21-13)8-22(19,20)17-11-4-2-3-10(14)7-11/h2-7,9,17H,8H2,1H3,(H,15,16,18). The summed E-state index contributed by atoms with van der Waals surface area (Å²) >= 11 is 1.24. The van der Waals surface area contributed by atoms with Gasteiger partial charge in [0.25, 0.3) is 0 Å². The van der Waals surface area contributed by atoms with Crippen LogP contribution in [0, 0.1) is 11.7 Å². The number of rotatable bonds is 6. The van der Waals surface area contributed by atoms with E-state index in [1.165, 1.54) is 42.7 Å². The summed E-state index contributed by atoms with van der Waals surface area (Å²) in [5.41, 5.74) is 0.118. The van der Waals surface area contributed by atoms with Crippen molar-refractivity contribution >= 4 is 38.1 Å². The number of hydrogen-bond acceptors (Lipinski definition) is 5. The minimum Gasteiger partial charge on any atom is -0.302 e. The lowest BCUT2D eigenvalue weighted by atomic mass is 10.2. The molecule has 1 heterocycles. The summed E-state index contributed by atoms with van der Waals surface area (Å²) in [6.07, 6.45) is 1.53. The van der Waals surface area contributed by atoms with Gasteiger partial charge in [0.2, 0.25) is 15.9 Å². The number of aromatic nitrogens is 1. The van der Waals surface area contributed by atoms with Crippen molar-refractivity contribution in [1.82, 2.24) is 4.98 Å². The molecule has 0 spiro atoms. The molecule has 0 saturated heterocycles. The van der Waals surface area contributed by atoms with E-state index in [0.717, 1.165) is 6.07 Å². The molecular weight excluding hydrogens is 329 g/mol. The van der Waals surface area contributed by atoms with Crippen LogP contribution in [-0.2, 0) is 14.8 Å². The zero-order valence-electron chi connectivity index (χ0n) is 11.6. The number of anilines is 2. The molecule has 1 aromatic carbocycles. The normalized spacial score (nSPS) is 12.6. The molecule has 6 nitrogen and oxygen atoms in total. The lowest BCUT2D eigenvalue weighted by Crippen LogP contribution is -2.29. The first kappa shape index (κ1) is 16.4. The van der Waals surface area contributed by atoms with Crippen molar-refractivity contribution in [3.8, 4) is 0 Å². The lowest BCUT2D eigenvalue weighted by molar-refractivity contribution is -0.118. The molecule has 2 N–H and O–H groups in total. The van der Waals surface area contributed by atoms with Gasteiger partial charge < -0.3 is 5.32 Å². The van der Waals surface area contributed by atoms with E-state index < -0.39 is 33.4 Å². The Morgan fingerprint density at radius 3 is 2.86 bits per heavy atom. The van der Waals surface area contributed by atoms with Crippen LogP contribution >= 0.6 is 11.3 Å². The first-order valence-corrected chi connectivity index (χ1v) is 8.85. The van der Waals surface area contributed by atoms with E-state index in [0.29, 0.717) is 5.13 Å². The molecule has 1 aromatic heterocycles. The lowest BCUT2D eigenvalue weighted by Gasteiger charge is -2.13. The smallest absolute Gasteiger partial charge is 0.233 e. The average Bonchev–Trinajstić information content (AvgIpc) is 2.90. The molecule has 0 aliphatic heterocycles. The first-order valence-electron chi connectivity index (χ1n) is 6.32. The zero-order chi connectivity index (χ0) is 16.2. The van der Waals surface area contributed by atoms with Crippen molar-refractivity contribution in [3.63, 3.8) is 0 Å². The summed E-state index contributed by atoms with van der Waals surface area (Å²) in [6.45, 7) is 1.49. The minimum atomic E-state index is -3.77. The van der Waals surface area contributed by atoms with Gasteiger partial charge in [-0.05, 0) is 18.2 Å². The van der Waals surface area contributed by atoms with Crippen LogP contribution < -0.4 is 10.0 Å². The Morgan fingerprint density at radius 1 is 1.45 bits per heavy atom. The molecule has 2 rings (SSSR count). The second kappa shape index (κ2) is 6.84. The fraction of sp³-hybridized carbons (Fsp3) is 0.231. The van der Waals surface area contributed by atoms with E-state index in [1.54, 1.807) is 5.38 Å². The zero-order valence-corrected chi connectivity index (χ0v) is 13.2. The van der Waals surface area contributed by atoms with Gasteiger partial charge in [-0.3, -0.25) is 9.52 Å². The summed E-state index contributed by atoms with van der Waals surface area (Å²) in [6, 6.07) is 5.10. The summed E-state index contributed by atoms with van der Waals surface area (Å²) in [5, 5.41) is 4.64. The topological polar surface area (TPSA) is 88.2 Å². The number of halogens is 1. The van der Waals surface area contributed by atoms with Crippen LogP contribution in [-0.4, -0.2) is 25.1 Å². The number of benzene rings is 1. The second-order valence-corrected chi connectivity index (χ2v) is 7.28. The van der Waals surface area contributed by atoms with E-state index in [9.17, 15) is 17.6 Å². The maximum Gasteiger partial charge on any atom is 0.233 e. The molecule has 0 bridgehead atoms. The van der Waals surface area contributed by atoms with Crippen molar-refractivity contribution < 1.29 is 17.6 Å². The molecule has 2 aromatic rings. The Bertz CT molecular complexity index is 748. The van der Waals surface area contributed by atoms with Crippen molar-refractivity contribution in [3.05, 3.63) is 41.7 Å². The molecule has 118 valence electrons. The average molecular weight is 343 g/mol. The van der Waals surface area contributed by atoms with Gasteiger partial charge in [-0.15, -0.1) is 11.3 Å². The number of thiazole rings is 1. The van der Waals surface area contributed by atoms with Gasteiger partial charge in [0.15, 0.2) is 5.13 Å². The molecule has 0 radical (unpaired) electrons. The van der Waals surface area contributed by atoms with Crippen LogP contribution in [0.15, 0.2) is 35.8 Å². The predicted molar refractivity (Wildman–Crippen MR) is 83.7 cm³/mol. The Balaban J connectivity index is 1.97. The van der Waals surface area contributed by atoms with Gasteiger partial charge >= 0.3 is 0 Å². The van der Waals surface area contributed by atoms with Gasteiger partial charge in [-0.2, -0.15) is 0 Å². The van der Waals surface area contributed by atoms with Gasteiger partial charge in [-0.1, -0.05) is 13.0 Å². The van der Waals surface area contributed by atoms with E-state index in [2.05, 4.69) is 15.0 Å². The van der Waals surface area contributed by atoms with Crippen LogP contribution in [0.4, 0.5) is 15.2 Å². The van der Waals surface area contributed by atoms with Crippen LogP contribution in [0.3, 0.4) is 0 Å². The monoisotopic (exact) mass is 343 g/mol. The Morgan fingerprint density at radius 2 is 2.23 bits per heavy atom. The highest BCUT2D eigenvalue weighted by Crippen LogP contribution is 2.15. The molecule has 0 fully saturated rings.